The van der Waals surface area contributed by atoms with Crippen LogP contribution in [-0.2, 0) is 14.8 Å². The SMILES string of the molecule is CC(=O)N1CCN(C)S(=O)(=O)CC1. The van der Waals surface area contributed by atoms with E-state index in [0.29, 0.717) is 19.6 Å². The average Bonchev–Trinajstić information content (AvgIpc) is 2.13. The fourth-order valence-corrected chi connectivity index (χ4v) is 2.33. The molecule has 0 atom stereocenters. The van der Waals surface area contributed by atoms with Crippen molar-refractivity contribution >= 4 is 15.9 Å². The normalized spacial score (nSPS) is 24.0. The number of rotatable bonds is 0. The summed E-state index contributed by atoms with van der Waals surface area (Å²) in [7, 11) is -1.58. The van der Waals surface area contributed by atoms with Crippen LogP contribution in [0.2, 0.25) is 0 Å². The molecular formula is C7H14N2O3S. The first-order valence-electron chi connectivity index (χ1n) is 4.13. The Kier molecular flexibility index (Phi) is 2.92. The predicted octanol–water partition coefficient (Wildman–Crippen LogP) is -0.890. The maximum absolute atomic E-state index is 11.4. The molecule has 0 unspecified atom stereocenters. The van der Waals surface area contributed by atoms with Gasteiger partial charge < -0.3 is 4.90 Å². The van der Waals surface area contributed by atoms with E-state index in [1.54, 1.807) is 11.9 Å². The van der Waals surface area contributed by atoms with Crippen LogP contribution in [0.15, 0.2) is 0 Å². The van der Waals surface area contributed by atoms with Gasteiger partial charge in [0.15, 0.2) is 0 Å². The fraction of sp³-hybridized carbons (Fsp3) is 0.857. The summed E-state index contributed by atoms with van der Waals surface area (Å²) in [5.74, 6) is -0.0335. The number of hydrogen-bond donors (Lipinski definition) is 0. The van der Waals surface area contributed by atoms with Crippen molar-refractivity contribution in [3.8, 4) is 0 Å². The van der Waals surface area contributed by atoms with Crippen LogP contribution >= 0.6 is 0 Å². The molecule has 0 radical (unpaired) electrons. The third-order valence-corrected chi connectivity index (χ3v) is 4.05. The Morgan fingerprint density at radius 3 is 2.38 bits per heavy atom. The van der Waals surface area contributed by atoms with E-state index in [1.807, 2.05) is 0 Å². The van der Waals surface area contributed by atoms with Crippen molar-refractivity contribution in [2.45, 2.75) is 6.92 Å². The number of nitrogens with zero attached hydrogens (tertiary/aromatic N) is 2. The second-order valence-electron chi connectivity index (χ2n) is 3.14. The van der Waals surface area contributed by atoms with E-state index in [1.165, 1.54) is 11.2 Å². The molecule has 1 heterocycles. The maximum atomic E-state index is 11.4. The Hall–Kier alpha value is -0.620. The zero-order valence-electron chi connectivity index (χ0n) is 7.86. The summed E-state index contributed by atoms with van der Waals surface area (Å²) >= 11 is 0. The zero-order valence-corrected chi connectivity index (χ0v) is 8.67. The number of sulfonamides is 1. The molecule has 1 amide bonds. The minimum atomic E-state index is -3.12. The average molecular weight is 206 g/mol. The molecule has 5 nitrogen and oxygen atoms in total. The molecule has 1 aliphatic heterocycles. The van der Waals surface area contributed by atoms with Crippen LogP contribution < -0.4 is 0 Å². The lowest BCUT2D eigenvalue weighted by molar-refractivity contribution is -0.128. The van der Waals surface area contributed by atoms with E-state index in [-0.39, 0.29) is 11.7 Å². The summed E-state index contributed by atoms with van der Waals surface area (Å²) in [6.07, 6.45) is 0. The van der Waals surface area contributed by atoms with Gasteiger partial charge in [-0.3, -0.25) is 4.79 Å². The number of amides is 1. The Morgan fingerprint density at radius 1 is 1.23 bits per heavy atom. The molecule has 1 rings (SSSR count). The highest BCUT2D eigenvalue weighted by molar-refractivity contribution is 7.89. The standard InChI is InChI=1S/C7H14N2O3S/c1-7(10)9-4-3-8(2)13(11,12)6-5-9/h3-6H2,1-2H3. The van der Waals surface area contributed by atoms with Crippen LogP contribution in [0.1, 0.15) is 6.92 Å². The van der Waals surface area contributed by atoms with Gasteiger partial charge in [-0.2, -0.15) is 0 Å². The monoisotopic (exact) mass is 206 g/mol. The molecule has 0 aromatic rings. The molecule has 6 heteroatoms. The lowest BCUT2D eigenvalue weighted by Gasteiger charge is -2.16. The van der Waals surface area contributed by atoms with Crippen LogP contribution in [-0.4, -0.2) is 56.0 Å². The highest BCUT2D eigenvalue weighted by atomic mass is 32.2. The minimum absolute atomic E-state index is 0.0308. The first-order chi connectivity index (χ1) is 5.93. The second kappa shape index (κ2) is 3.63. The topological polar surface area (TPSA) is 57.7 Å². The van der Waals surface area contributed by atoms with E-state index < -0.39 is 10.0 Å². The van der Waals surface area contributed by atoms with E-state index in [4.69, 9.17) is 0 Å². The quantitative estimate of drug-likeness (QED) is 0.516. The Balaban J connectivity index is 2.74. The Bertz CT molecular complexity index is 299. The van der Waals surface area contributed by atoms with Crippen LogP contribution in [0.3, 0.4) is 0 Å². The lowest BCUT2D eigenvalue weighted by atomic mass is 10.4. The van der Waals surface area contributed by atoms with Gasteiger partial charge in [0.2, 0.25) is 15.9 Å². The van der Waals surface area contributed by atoms with Gasteiger partial charge in [-0.15, -0.1) is 0 Å². The summed E-state index contributed by atoms with van der Waals surface area (Å²) < 4.78 is 24.0. The van der Waals surface area contributed by atoms with E-state index in [9.17, 15) is 13.2 Å². The third-order valence-electron chi connectivity index (χ3n) is 2.22. The zero-order chi connectivity index (χ0) is 10.1. The van der Waals surface area contributed by atoms with Gasteiger partial charge in [0.1, 0.15) is 0 Å². The first-order valence-corrected chi connectivity index (χ1v) is 5.74. The Labute approximate surface area is 78.4 Å². The molecule has 1 fully saturated rings. The highest BCUT2D eigenvalue weighted by Crippen LogP contribution is 2.05. The van der Waals surface area contributed by atoms with Gasteiger partial charge in [-0.25, -0.2) is 12.7 Å². The largest absolute Gasteiger partial charge is 0.341 e. The van der Waals surface area contributed by atoms with Crippen molar-refractivity contribution in [3.63, 3.8) is 0 Å². The van der Waals surface area contributed by atoms with Gasteiger partial charge >= 0.3 is 0 Å². The highest BCUT2D eigenvalue weighted by Gasteiger charge is 2.24. The van der Waals surface area contributed by atoms with E-state index in [0.717, 1.165) is 0 Å². The summed E-state index contributed by atoms with van der Waals surface area (Å²) in [6.45, 7) is 2.65. The van der Waals surface area contributed by atoms with Crippen LogP contribution in [0, 0.1) is 0 Å². The van der Waals surface area contributed by atoms with Crippen molar-refractivity contribution in [1.29, 1.82) is 0 Å². The van der Waals surface area contributed by atoms with Gasteiger partial charge in [-0.05, 0) is 0 Å². The maximum Gasteiger partial charge on any atom is 0.219 e. The van der Waals surface area contributed by atoms with Crippen molar-refractivity contribution < 1.29 is 13.2 Å². The van der Waals surface area contributed by atoms with Crippen LogP contribution in [0.25, 0.3) is 0 Å². The number of carbonyl (C=O) groups is 1. The summed E-state index contributed by atoms with van der Waals surface area (Å²) in [5.41, 5.74) is 0. The molecule has 0 bridgehead atoms. The smallest absolute Gasteiger partial charge is 0.219 e. The van der Waals surface area contributed by atoms with Crippen LogP contribution in [0.4, 0.5) is 0 Å². The first kappa shape index (κ1) is 10.5. The van der Waals surface area contributed by atoms with Crippen molar-refractivity contribution in [3.05, 3.63) is 0 Å². The summed E-state index contributed by atoms with van der Waals surface area (Å²) in [6, 6.07) is 0. The molecule has 1 saturated heterocycles. The predicted molar refractivity (Wildman–Crippen MR) is 48.7 cm³/mol. The Morgan fingerprint density at radius 2 is 1.85 bits per heavy atom. The lowest BCUT2D eigenvalue weighted by Crippen LogP contribution is -2.33. The van der Waals surface area contributed by atoms with Crippen molar-refractivity contribution in [2.24, 2.45) is 0 Å². The number of hydrogen-bond acceptors (Lipinski definition) is 3. The second-order valence-corrected chi connectivity index (χ2v) is 5.34. The van der Waals surface area contributed by atoms with Crippen molar-refractivity contribution in [1.82, 2.24) is 9.21 Å². The van der Waals surface area contributed by atoms with E-state index >= 15 is 0 Å². The van der Waals surface area contributed by atoms with E-state index in [2.05, 4.69) is 0 Å². The van der Waals surface area contributed by atoms with Gasteiger partial charge in [0, 0.05) is 33.6 Å². The van der Waals surface area contributed by atoms with Gasteiger partial charge in [0.05, 0.1) is 5.75 Å². The summed E-state index contributed by atoms with van der Waals surface area (Å²) in [4.78, 5) is 12.5. The molecular weight excluding hydrogens is 192 g/mol. The molecule has 0 saturated carbocycles. The fourth-order valence-electron chi connectivity index (χ4n) is 1.21. The molecule has 0 aromatic heterocycles. The molecule has 0 N–H and O–H groups in total. The molecule has 0 aliphatic carbocycles. The van der Waals surface area contributed by atoms with Crippen LogP contribution in [0.5, 0.6) is 0 Å². The van der Waals surface area contributed by atoms with Gasteiger partial charge in [-0.1, -0.05) is 0 Å². The van der Waals surface area contributed by atoms with Crippen molar-refractivity contribution in [2.75, 3.05) is 32.4 Å². The molecule has 13 heavy (non-hydrogen) atoms. The number of likely N-dealkylation sites (N-methyl/N-ethyl adjacent to an activating group) is 1. The number of carbonyl (C=O) groups excluding carboxylic acids is 1. The minimum Gasteiger partial charge on any atom is -0.341 e. The third kappa shape index (κ3) is 2.41. The van der Waals surface area contributed by atoms with Gasteiger partial charge in [0.25, 0.3) is 0 Å². The molecule has 0 spiro atoms. The molecule has 0 aromatic carbocycles. The summed E-state index contributed by atoms with van der Waals surface area (Å²) in [5, 5.41) is 0. The molecule has 1 aliphatic rings. The molecule has 76 valence electrons.